The Morgan fingerprint density at radius 1 is 1.27 bits per heavy atom. The molecule has 1 N–H and O–H groups in total. The Balaban J connectivity index is 1.34. The summed E-state index contributed by atoms with van der Waals surface area (Å²) >= 11 is 0. The third-order valence-electron chi connectivity index (χ3n) is 5.53. The van der Waals surface area contributed by atoms with Crippen LogP contribution in [0.1, 0.15) is 48.8 Å². The van der Waals surface area contributed by atoms with Gasteiger partial charge >= 0.3 is 0 Å². The van der Waals surface area contributed by atoms with Crippen LogP contribution in [0, 0.1) is 6.92 Å². The first-order chi connectivity index (χ1) is 12.5. The molecule has 0 radical (unpaired) electrons. The number of carbonyl (C=O) groups is 1. The Labute approximate surface area is 155 Å². The lowest BCUT2D eigenvalue weighted by atomic mass is 10.0. The van der Waals surface area contributed by atoms with Crippen molar-refractivity contribution < 1.29 is 4.79 Å². The monoisotopic (exact) mass is 349 g/mol. The topological polar surface area (TPSA) is 45.2 Å². The van der Waals surface area contributed by atoms with E-state index >= 15 is 0 Å². The van der Waals surface area contributed by atoms with Gasteiger partial charge in [-0.25, -0.2) is 0 Å². The molecule has 1 saturated carbocycles. The van der Waals surface area contributed by atoms with Crippen LogP contribution < -0.4 is 10.2 Å². The van der Waals surface area contributed by atoms with Crippen molar-refractivity contribution in [1.29, 1.82) is 0 Å². The van der Waals surface area contributed by atoms with E-state index in [2.05, 4.69) is 59.4 Å². The molecule has 4 rings (SSSR count). The van der Waals surface area contributed by atoms with Gasteiger partial charge in [0.05, 0.1) is 23.8 Å². The minimum absolute atomic E-state index is 0.107. The second-order valence-corrected chi connectivity index (χ2v) is 8.19. The summed E-state index contributed by atoms with van der Waals surface area (Å²) in [7, 11) is 0. The van der Waals surface area contributed by atoms with Crippen molar-refractivity contribution in [3.63, 3.8) is 0 Å². The Morgan fingerprint density at radius 3 is 2.73 bits per heavy atom. The molecule has 26 heavy (non-hydrogen) atoms. The number of amides is 1. The third kappa shape index (κ3) is 3.90. The first-order valence-electron chi connectivity index (χ1n) is 9.57. The molecule has 0 unspecified atom stereocenters. The van der Waals surface area contributed by atoms with Crippen LogP contribution in [0.3, 0.4) is 0 Å². The third-order valence-corrected chi connectivity index (χ3v) is 5.53. The van der Waals surface area contributed by atoms with Crippen LogP contribution >= 0.6 is 0 Å². The van der Waals surface area contributed by atoms with Gasteiger partial charge in [-0.2, -0.15) is 0 Å². The molecule has 136 valence electrons. The lowest BCUT2D eigenvalue weighted by Gasteiger charge is -2.27. The molecule has 2 aliphatic rings. The first-order valence-corrected chi connectivity index (χ1v) is 9.57. The van der Waals surface area contributed by atoms with E-state index in [1.165, 1.54) is 18.4 Å². The van der Waals surface area contributed by atoms with E-state index < -0.39 is 0 Å². The molecule has 2 aromatic rings. The number of aryl methyl sites for hydroxylation is 1. The summed E-state index contributed by atoms with van der Waals surface area (Å²) in [5.74, 6) is 0.869. The Hall–Kier alpha value is -2.36. The summed E-state index contributed by atoms with van der Waals surface area (Å²) in [5.41, 5.74) is 4.62. The standard InChI is InChI=1S/C22H27N3O/c1-16-11-20(14-23-13-16)25-10-9-22(2,15-25)24-21(26)12-17-3-5-18(6-4-17)19-7-8-19/h3-6,11,13-14,19H,7-10,12,15H2,1-2H3,(H,24,26)/t22-/m1/s1. The van der Waals surface area contributed by atoms with Crippen LogP contribution in [-0.2, 0) is 11.2 Å². The van der Waals surface area contributed by atoms with Crippen LogP contribution in [0.4, 0.5) is 5.69 Å². The minimum atomic E-state index is -0.186. The molecule has 2 heterocycles. The normalized spacial score (nSPS) is 22.5. The van der Waals surface area contributed by atoms with Crippen molar-refractivity contribution >= 4 is 11.6 Å². The highest BCUT2D eigenvalue weighted by Gasteiger charge is 2.35. The summed E-state index contributed by atoms with van der Waals surface area (Å²) in [6.07, 6.45) is 7.80. The molecule has 1 saturated heterocycles. The number of pyridine rings is 1. The van der Waals surface area contributed by atoms with E-state index in [-0.39, 0.29) is 11.4 Å². The average molecular weight is 349 g/mol. The number of rotatable bonds is 5. The number of carbonyl (C=O) groups excluding carboxylic acids is 1. The summed E-state index contributed by atoms with van der Waals surface area (Å²) in [6.45, 7) is 5.97. The first kappa shape index (κ1) is 17.1. The smallest absolute Gasteiger partial charge is 0.224 e. The number of aromatic nitrogens is 1. The van der Waals surface area contributed by atoms with Crippen molar-refractivity contribution in [3.05, 3.63) is 59.4 Å². The van der Waals surface area contributed by atoms with Gasteiger partial charge < -0.3 is 10.2 Å². The van der Waals surface area contributed by atoms with Crippen molar-refractivity contribution in [2.75, 3.05) is 18.0 Å². The maximum absolute atomic E-state index is 12.6. The van der Waals surface area contributed by atoms with Crippen LogP contribution in [0.2, 0.25) is 0 Å². The molecule has 1 aliphatic carbocycles. The molecule has 1 aromatic carbocycles. The number of hydrogen-bond donors (Lipinski definition) is 1. The molecule has 1 atom stereocenters. The number of benzene rings is 1. The molecule has 1 aromatic heterocycles. The summed E-state index contributed by atoms with van der Waals surface area (Å²) in [4.78, 5) is 19.2. The minimum Gasteiger partial charge on any atom is -0.368 e. The molecule has 1 amide bonds. The lowest BCUT2D eigenvalue weighted by molar-refractivity contribution is -0.122. The highest BCUT2D eigenvalue weighted by Crippen LogP contribution is 2.39. The molecule has 2 fully saturated rings. The van der Waals surface area contributed by atoms with E-state index in [0.717, 1.165) is 42.2 Å². The molecule has 1 aliphatic heterocycles. The number of anilines is 1. The fourth-order valence-electron chi connectivity index (χ4n) is 3.89. The second-order valence-electron chi connectivity index (χ2n) is 8.19. The summed E-state index contributed by atoms with van der Waals surface area (Å²) in [6, 6.07) is 10.7. The predicted octanol–water partition coefficient (Wildman–Crippen LogP) is 3.60. The molecule has 4 heteroatoms. The van der Waals surface area contributed by atoms with Gasteiger partial charge in [0, 0.05) is 19.3 Å². The van der Waals surface area contributed by atoms with Crippen molar-refractivity contribution in [2.24, 2.45) is 0 Å². The van der Waals surface area contributed by atoms with E-state index in [4.69, 9.17) is 0 Å². The number of nitrogens with one attached hydrogen (secondary N) is 1. The van der Waals surface area contributed by atoms with Gasteiger partial charge in [-0.15, -0.1) is 0 Å². The van der Waals surface area contributed by atoms with Gasteiger partial charge in [0.2, 0.25) is 5.91 Å². The maximum Gasteiger partial charge on any atom is 0.224 e. The van der Waals surface area contributed by atoms with E-state index in [9.17, 15) is 4.79 Å². The predicted molar refractivity (Wildman–Crippen MR) is 104 cm³/mol. The van der Waals surface area contributed by atoms with Gasteiger partial charge in [0.1, 0.15) is 0 Å². The zero-order valence-corrected chi connectivity index (χ0v) is 15.7. The molecular formula is C22H27N3O. The zero-order valence-electron chi connectivity index (χ0n) is 15.7. The van der Waals surface area contributed by atoms with Gasteiger partial charge in [-0.05, 0) is 61.8 Å². The van der Waals surface area contributed by atoms with E-state index in [1.54, 1.807) is 0 Å². The van der Waals surface area contributed by atoms with Crippen molar-refractivity contribution in [2.45, 2.75) is 51.0 Å². The fourth-order valence-corrected chi connectivity index (χ4v) is 3.89. The Kier molecular flexibility index (Phi) is 4.43. The van der Waals surface area contributed by atoms with E-state index in [1.807, 2.05) is 12.4 Å². The maximum atomic E-state index is 12.6. The zero-order chi connectivity index (χ0) is 18.1. The Morgan fingerprint density at radius 2 is 2.04 bits per heavy atom. The van der Waals surface area contributed by atoms with Crippen LogP contribution in [0.25, 0.3) is 0 Å². The highest BCUT2D eigenvalue weighted by atomic mass is 16.1. The Bertz CT molecular complexity index is 797. The fraction of sp³-hybridized carbons (Fsp3) is 0.455. The SMILES string of the molecule is Cc1cncc(N2CC[C@@](C)(NC(=O)Cc3ccc(C4CC4)cc3)C2)c1. The number of nitrogens with zero attached hydrogens (tertiary/aromatic N) is 2. The van der Waals surface area contributed by atoms with Gasteiger partial charge in [0.25, 0.3) is 0 Å². The van der Waals surface area contributed by atoms with Crippen molar-refractivity contribution in [3.8, 4) is 0 Å². The highest BCUT2D eigenvalue weighted by molar-refractivity contribution is 5.79. The molecule has 4 nitrogen and oxygen atoms in total. The molecule has 0 bridgehead atoms. The summed E-state index contributed by atoms with van der Waals surface area (Å²) < 4.78 is 0. The largest absolute Gasteiger partial charge is 0.368 e. The number of hydrogen-bond acceptors (Lipinski definition) is 3. The lowest BCUT2D eigenvalue weighted by Crippen LogP contribution is -2.48. The quantitative estimate of drug-likeness (QED) is 0.897. The van der Waals surface area contributed by atoms with Gasteiger partial charge in [-0.3, -0.25) is 9.78 Å². The molecular weight excluding hydrogens is 322 g/mol. The van der Waals surface area contributed by atoms with Crippen LogP contribution in [0.5, 0.6) is 0 Å². The summed E-state index contributed by atoms with van der Waals surface area (Å²) in [5, 5.41) is 3.27. The van der Waals surface area contributed by atoms with Crippen molar-refractivity contribution in [1.82, 2.24) is 10.3 Å². The average Bonchev–Trinajstić information content (AvgIpc) is 3.38. The van der Waals surface area contributed by atoms with Gasteiger partial charge in [-0.1, -0.05) is 24.3 Å². The van der Waals surface area contributed by atoms with E-state index in [0.29, 0.717) is 6.42 Å². The molecule has 0 spiro atoms. The van der Waals surface area contributed by atoms with Crippen LogP contribution in [0.15, 0.2) is 42.7 Å². The second kappa shape index (κ2) is 6.75. The van der Waals surface area contributed by atoms with Crippen LogP contribution in [-0.4, -0.2) is 29.5 Å². The van der Waals surface area contributed by atoms with Gasteiger partial charge in [0.15, 0.2) is 0 Å².